The monoisotopic (exact) mass is 309 g/mol. The van der Waals surface area contributed by atoms with Crippen LogP contribution in [0.2, 0.25) is 5.02 Å². The highest BCUT2D eigenvalue weighted by Crippen LogP contribution is 2.29. The van der Waals surface area contributed by atoms with E-state index in [4.69, 9.17) is 21.1 Å². The van der Waals surface area contributed by atoms with Gasteiger partial charge < -0.3 is 14.8 Å². The van der Waals surface area contributed by atoms with Crippen LogP contribution in [0.15, 0.2) is 18.2 Å². The van der Waals surface area contributed by atoms with Gasteiger partial charge in [0.25, 0.3) is 0 Å². The molecule has 21 heavy (non-hydrogen) atoms. The van der Waals surface area contributed by atoms with E-state index in [0.29, 0.717) is 6.61 Å². The molecule has 2 heterocycles. The highest BCUT2D eigenvalue weighted by molar-refractivity contribution is 6.32. The number of rotatable bonds is 4. The lowest BCUT2D eigenvalue weighted by Crippen LogP contribution is -2.28. The average molecular weight is 310 g/mol. The molecular formula is C17H24ClNO2. The molecule has 3 nitrogen and oxygen atoms in total. The quantitative estimate of drug-likeness (QED) is 0.924. The molecule has 1 aromatic rings. The molecule has 1 N–H and O–H groups in total. The van der Waals surface area contributed by atoms with Gasteiger partial charge in [-0.1, -0.05) is 17.7 Å². The topological polar surface area (TPSA) is 30.5 Å². The fourth-order valence-corrected chi connectivity index (χ4v) is 3.42. The van der Waals surface area contributed by atoms with Crippen molar-refractivity contribution in [2.75, 3.05) is 26.3 Å². The maximum absolute atomic E-state index is 6.39. The Morgan fingerprint density at radius 2 is 2.10 bits per heavy atom. The van der Waals surface area contributed by atoms with Gasteiger partial charge >= 0.3 is 0 Å². The Labute approximate surface area is 132 Å². The Kier molecular flexibility index (Phi) is 5.39. The molecule has 0 radical (unpaired) electrons. The van der Waals surface area contributed by atoms with Gasteiger partial charge in [0.1, 0.15) is 11.9 Å². The van der Waals surface area contributed by atoms with Crippen molar-refractivity contribution in [2.45, 2.75) is 38.2 Å². The van der Waals surface area contributed by atoms with Crippen molar-refractivity contribution in [1.82, 2.24) is 5.32 Å². The van der Waals surface area contributed by atoms with Crippen LogP contribution in [-0.2, 0) is 11.2 Å². The van der Waals surface area contributed by atoms with Crippen molar-refractivity contribution in [3.63, 3.8) is 0 Å². The number of halogens is 1. The van der Waals surface area contributed by atoms with E-state index < -0.39 is 0 Å². The lowest BCUT2D eigenvalue weighted by Gasteiger charge is -2.24. The summed E-state index contributed by atoms with van der Waals surface area (Å²) in [4.78, 5) is 0. The Morgan fingerprint density at radius 3 is 2.81 bits per heavy atom. The van der Waals surface area contributed by atoms with E-state index in [1.807, 2.05) is 6.07 Å². The highest BCUT2D eigenvalue weighted by Gasteiger charge is 2.18. The second-order valence-electron chi connectivity index (χ2n) is 6.12. The molecule has 1 aromatic carbocycles. The van der Waals surface area contributed by atoms with Crippen molar-refractivity contribution in [3.05, 3.63) is 28.8 Å². The normalized spacial score (nSPS) is 24.0. The van der Waals surface area contributed by atoms with Gasteiger partial charge in [-0.15, -0.1) is 0 Å². The highest BCUT2D eigenvalue weighted by atomic mass is 35.5. The first-order valence-corrected chi connectivity index (χ1v) is 8.42. The minimum absolute atomic E-state index is 0.145. The average Bonchev–Trinajstić information content (AvgIpc) is 2.52. The molecule has 1 unspecified atom stereocenters. The van der Waals surface area contributed by atoms with E-state index in [1.54, 1.807) is 0 Å². The lowest BCUT2D eigenvalue weighted by molar-refractivity contribution is 0.00747. The van der Waals surface area contributed by atoms with Crippen LogP contribution in [0, 0.1) is 5.92 Å². The molecule has 4 heteroatoms. The van der Waals surface area contributed by atoms with E-state index in [-0.39, 0.29) is 6.10 Å². The van der Waals surface area contributed by atoms with Crippen LogP contribution in [-0.4, -0.2) is 32.4 Å². The summed E-state index contributed by atoms with van der Waals surface area (Å²) < 4.78 is 11.4. The standard InChI is InChI=1S/C17H24ClNO2/c18-16-11-14(10-13-5-7-19-8-6-13)3-4-17(16)21-15-2-1-9-20-12-15/h3-4,11,13,15,19H,1-2,5-10,12H2. The van der Waals surface area contributed by atoms with Crippen LogP contribution < -0.4 is 10.1 Å². The zero-order chi connectivity index (χ0) is 14.5. The minimum atomic E-state index is 0.145. The number of hydrogen-bond acceptors (Lipinski definition) is 3. The molecule has 0 bridgehead atoms. The summed E-state index contributed by atoms with van der Waals surface area (Å²) >= 11 is 6.39. The summed E-state index contributed by atoms with van der Waals surface area (Å²) in [6, 6.07) is 6.25. The first-order chi connectivity index (χ1) is 10.3. The Balaban J connectivity index is 1.59. The van der Waals surface area contributed by atoms with Gasteiger partial charge in [0.05, 0.1) is 11.6 Å². The first-order valence-electron chi connectivity index (χ1n) is 8.05. The zero-order valence-corrected chi connectivity index (χ0v) is 13.2. The maximum atomic E-state index is 6.39. The molecule has 0 aromatic heterocycles. The van der Waals surface area contributed by atoms with Crippen molar-refractivity contribution in [2.24, 2.45) is 5.92 Å². The van der Waals surface area contributed by atoms with E-state index in [2.05, 4.69) is 17.4 Å². The third-order valence-electron chi connectivity index (χ3n) is 4.39. The Bertz CT molecular complexity index is 454. The second kappa shape index (κ2) is 7.48. The number of ether oxygens (including phenoxy) is 2. The molecule has 0 saturated carbocycles. The third-order valence-corrected chi connectivity index (χ3v) is 4.69. The number of piperidine rings is 1. The molecule has 2 saturated heterocycles. The van der Waals surface area contributed by atoms with Crippen LogP contribution in [0.4, 0.5) is 0 Å². The molecule has 116 valence electrons. The molecule has 3 rings (SSSR count). The van der Waals surface area contributed by atoms with E-state index in [9.17, 15) is 0 Å². The third kappa shape index (κ3) is 4.35. The summed E-state index contributed by atoms with van der Waals surface area (Å²) in [6.07, 6.45) is 5.90. The molecule has 2 fully saturated rings. The molecule has 2 aliphatic rings. The van der Waals surface area contributed by atoms with Gasteiger partial charge in [-0.05, 0) is 68.8 Å². The fraction of sp³-hybridized carbons (Fsp3) is 0.647. The van der Waals surface area contributed by atoms with Gasteiger partial charge in [0, 0.05) is 6.61 Å². The summed E-state index contributed by atoms with van der Waals surface area (Å²) in [6.45, 7) is 3.80. The summed E-state index contributed by atoms with van der Waals surface area (Å²) in [5, 5.41) is 4.14. The summed E-state index contributed by atoms with van der Waals surface area (Å²) in [5.74, 6) is 1.57. The number of nitrogens with one attached hydrogen (secondary N) is 1. The van der Waals surface area contributed by atoms with E-state index in [1.165, 1.54) is 18.4 Å². The molecular weight excluding hydrogens is 286 g/mol. The number of hydrogen-bond donors (Lipinski definition) is 1. The molecule has 2 aliphatic heterocycles. The Morgan fingerprint density at radius 1 is 1.24 bits per heavy atom. The minimum Gasteiger partial charge on any atom is -0.486 e. The van der Waals surface area contributed by atoms with Gasteiger partial charge in [-0.2, -0.15) is 0 Å². The van der Waals surface area contributed by atoms with Crippen LogP contribution in [0.25, 0.3) is 0 Å². The predicted molar refractivity (Wildman–Crippen MR) is 85.2 cm³/mol. The largest absolute Gasteiger partial charge is 0.486 e. The molecule has 0 spiro atoms. The van der Waals surface area contributed by atoms with Gasteiger partial charge in [0.15, 0.2) is 0 Å². The van der Waals surface area contributed by atoms with E-state index in [0.717, 1.165) is 55.6 Å². The Hall–Kier alpha value is -0.770. The molecule has 1 atom stereocenters. The SMILES string of the molecule is Clc1cc(CC2CCNCC2)ccc1OC1CCCOC1. The van der Waals surface area contributed by atoms with Crippen molar-refractivity contribution >= 4 is 11.6 Å². The van der Waals surface area contributed by atoms with Crippen LogP contribution in [0.3, 0.4) is 0 Å². The van der Waals surface area contributed by atoms with Crippen molar-refractivity contribution in [1.29, 1.82) is 0 Å². The van der Waals surface area contributed by atoms with Crippen LogP contribution in [0.1, 0.15) is 31.2 Å². The van der Waals surface area contributed by atoms with Gasteiger partial charge in [-0.25, -0.2) is 0 Å². The summed E-state index contributed by atoms with van der Waals surface area (Å²) in [7, 11) is 0. The summed E-state index contributed by atoms with van der Waals surface area (Å²) in [5.41, 5.74) is 1.32. The van der Waals surface area contributed by atoms with Gasteiger partial charge in [-0.3, -0.25) is 0 Å². The smallest absolute Gasteiger partial charge is 0.138 e. The van der Waals surface area contributed by atoms with Crippen LogP contribution in [0.5, 0.6) is 5.75 Å². The second-order valence-corrected chi connectivity index (χ2v) is 6.53. The number of benzene rings is 1. The molecule has 0 amide bonds. The first kappa shape index (κ1) is 15.1. The van der Waals surface area contributed by atoms with Crippen molar-refractivity contribution < 1.29 is 9.47 Å². The maximum Gasteiger partial charge on any atom is 0.138 e. The van der Waals surface area contributed by atoms with Crippen molar-refractivity contribution in [3.8, 4) is 5.75 Å². The molecule has 0 aliphatic carbocycles. The zero-order valence-electron chi connectivity index (χ0n) is 12.4. The van der Waals surface area contributed by atoms with Crippen LogP contribution >= 0.6 is 11.6 Å². The van der Waals surface area contributed by atoms with E-state index >= 15 is 0 Å². The van der Waals surface area contributed by atoms with Gasteiger partial charge in [0.2, 0.25) is 0 Å². The predicted octanol–water partition coefficient (Wildman–Crippen LogP) is 3.44. The lowest BCUT2D eigenvalue weighted by atomic mass is 9.91. The fourth-order valence-electron chi connectivity index (χ4n) is 3.17.